The van der Waals surface area contributed by atoms with E-state index in [1.165, 1.54) is 44.5 Å². The lowest BCUT2D eigenvalue weighted by Crippen LogP contribution is -2.41. The van der Waals surface area contributed by atoms with Gasteiger partial charge in [0.15, 0.2) is 0 Å². The van der Waals surface area contributed by atoms with Crippen LogP contribution in [-0.2, 0) is 20.1 Å². The first kappa shape index (κ1) is 22.1. The van der Waals surface area contributed by atoms with Crippen molar-refractivity contribution in [2.75, 3.05) is 0 Å². The Kier molecular flexibility index (Phi) is 4.33. The first-order valence-corrected chi connectivity index (χ1v) is 12.6. The molecule has 3 aromatic carbocycles. The molecule has 0 N–H and O–H groups in total. The molecule has 1 saturated heterocycles. The van der Waals surface area contributed by atoms with E-state index in [-0.39, 0.29) is 29.2 Å². The minimum atomic E-state index is -0.358. The Hall–Kier alpha value is -2.36. The van der Waals surface area contributed by atoms with Gasteiger partial charge in [0.05, 0.1) is 11.2 Å². The second-order valence-corrected chi connectivity index (χ2v) is 12.4. The van der Waals surface area contributed by atoms with Crippen LogP contribution in [0, 0.1) is 13.8 Å². The molecule has 0 aromatic heterocycles. The van der Waals surface area contributed by atoms with E-state index in [2.05, 4.69) is 110 Å². The van der Waals surface area contributed by atoms with Crippen LogP contribution in [0.1, 0.15) is 81.3 Å². The highest BCUT2D eigenvalue weighted by Gasteiger charge is 2.56. The van der Waals surface area contributed by atoms with E-state index in [9.17, 15) is 0 Å². The van der Waals surface area contributed by atoms with Crippen LogP contribution in [0.15, 0.2) is 54.6 Å². The molecule has 174 valence electrons. The van der Waals surface area contributed by atoms with E-state index in [1.807, 2.05) is 0 Å². The summed E-state index contributed by atoms with van der Waals surface area (Å²) in [5.41, 5.74) is 11.7. The van der Waals surface area contributed by atoms with Gasteiger partial charge in [0.2, 0.25) is 0 Å². The van der Waals surface area contributed by atoms with Crippen LogP contribution in [0.4, 0.5) is 0 Å². The Labute approximate surface area is 204 Å². The zero-order chi connectivity index (χ0) is 24.3. The van der Waals surface area contributed by atoms with Gasteiger partial charge in [0, 0.05) is 5.41 Å². The maximum atomic E-state index is 6.47. The van der Waals surface area contributed by atoms with Crippen LogP contribution < -0.4 is 5.46 Å². The summed E-state index contributed by atoms with van der Waals surface area (Å²) >= 11 is 0. The van der Waals surface area contributed by atoms with E-state index >= 15 is 0 Å². The number of fused-ring (bicyclic) bond motifs is 7. The van der Waals surface area contributed by atoms with Gasteiger partial charge in [-0.15, -0.1) is 0 Å². The average molecular weight is 450 g/mol. The molecule has 1 aliphatic heterocycles. The number of rotatable bonds is 1. The Balaban J connectivity index is 1.63. The van der Waals surface area contributed by atoms with Gasteiger partial charge in [-0.25, -0.2) is 0 Å². The van der Waals surface area contributed by atoms with Gasteiger partial charge in [-0.2, -0.15) is 0 Å². The number of benzene rings is 3. The van der Waals surface area contributed by atoms with Crippen molar-refractivity contribution in [2.24, 2.45) is 0 Å². The fourth-order valence-electron chi connectivity index (χ4n) is 7.04. The summed E-state index contributed by atoms with van der Waals surface area (Å²) in [5, 5.41) is 0. The van der Waals surface area contributed by atoms with Crippen LogP contribution in [0.3, 0.4) is 0 Å². The SMILES string of the molecule is Cc1ccc(C)c2c1C(C)(C)CC21c2ccccc2-c2ccc(B3OC(C)(C)C(C)(C)O3)cc21. The maximum Gasteiger partial charge on any atom is 0.494 e. The lowest BCUT2D eigenvalue weighted by molar-refractivity contribution is 0.00578. The Bertz CT molecular complexity index is 1330. The standard InChI is InChI=1S/C31H35BO2/c1-19-13-14-20(2)27-26(19)28(3,4)18-31(27)24-12-10-9-11-22(24)23-16-15-21(17-25(23)31)32-33-29(5,6)30(7,8)34-32/h9-17H,18H2,1-8H3. The molecule has 0 bridgehead atoms. The van der Waals surface area contributed by atoms with E-state index < -0.39 is 0 Å². The lowest BCUT2D eigenvalue weighted by atomic mass is 9.68. The van der Waals surface area contributed by atoms with Gasteiger partial charge >= 0.3 is 7.12 Å². The third-order valence-electron chi connectivity index (χ3n) is 9.14. The molecule has 1 unspecified atom stereocenters. The van der Waals surface area contributed by atoms with Crippen LogP contribution in [0.2, 0.25) is 0 Å². The fourth-order valence-corrected chi connectivity index (χ4v) is 7.04. The van der Waals surface area contributed by atoms with Crippen LogP contribution in [0.25, 0.3) is 11.1 Å². The molecule has 3 aromatic rings. The van der Waals surface area contributed by atoms with Crippen molar-refractivity contribution in [3.05, 3.63) is 88.0 Å². The monoisotopic (exact) mass is 450 g/mol. The molecule has 0 radical (unpaired) electrons. The molecular formula is C31H35BO2. The quantitative estimate of drug-likeness (QED) is 0.389. The average Bonchev–Trinajstić information content (AvgIpc) is 3.28. The summed E-state index contributed by atoms with van der Waals surface area (Å²) in [6.07, 6.45) is 1.07. The number of aryl methyl sites for hydroxylation is 2. The van der Waals surface area contributed by atoms with E-state index in [1.54, 1.807) is 0 Å². The molecular weight excluding hydrogens is 415 g/mol. The summed E-state index contributed by atoms with van der Waals surface area (Å²) < 4.78 is 12.9. The normalized spacial score (nSPS) is 24.9. The summed E-state index contributed by atoms with van der Waals surface area (Å²) in [6, 6.07) is 20.6. The predicted molar refractivity (Wildman–Crippen MR) is 141 cm³/mol. The highest BCUT2D eigenvalue weighted by molar-refractivity contribution is 6.62. The van der Waals surface area contributed by atoms with Gasteiger partial charge in [-0.1, -0.05) is 68.4 Å². The second-order valence-electron chi connectivity index (χ2n) is 12.4. The first-order chi connectivity index (χ1) is 15.9. The van der Waals surface area contributed by atoms with Crippen LogP contribution >= 0.6 is 0 Å². The lowest BCUT2D eigenvalue weighted by Gasteiger charge is -2.32. The first-order valence-electron chi connectivity index (χ1n) is 12.6. The number of hydrogen-bond acceptors (Lipinski definition) is 2. The molecule has 1 spiro atoms. The van der Waals surface area contributed by atoms with Crippen molar-refractivity contribution < 1.29 is 9.31 Å². The Morgan fingerprint density at radius 1 is 0.676 bits per heavy atom. The van der Waals surface area contributed by atoms with E-state index in [4.69, 9.17) is 9.31 Å². The van der Waals surface area contributed by atoms with Crippen molar-refractivity contribution in [3.8, 4) is 11.1 Å². The van der Waals surface area contributed by atoms with Crippen LogP contribution in [0.5, 0.6) is 0 Å². The van der Waals surface area contributed by atoms with Crippen molar-refractivity contribution >= 4 is 12.6 Å². The van der Waals surface area contributed by atoms with Crippen LogP contribution in [-0.4, -0.2) is 18.3 Å². The van der Waals surface area contributed by atoms with Gasteiger partial charge in [-0.05, 0) is 103 Å². The largest absolute Gasteiger partial charge is 0.494 e. The predicted octanol–water partition coefficient (Wildman–Crippen LogP) is 6.60. The topological polar surface area (TPSA) is 18.5 Å². The molecule has 1 fully saturated rings. The fraction of sp³-hybridized carbons (Fsp3) is 0.419. The molecule has 1 heterocycles. The highest BCUT2D eigenvalue weighted by atomic mass is 16.7. The third kappa shape index (κ3) is 2.66. The molecule has 3 heteroatoms. The molecule has 2 aliphatic carbocycles. The second kappa shape index (κ2) is 6.65. The minimum absolute atomic E-state index is 0.0838. The maximum absolute atomic E-state index is 6.47. The summed E-state index contributed by atoms with van der Waals surface area (Å²) in [7, 11) is -0.358. The molecule has 1 atom stereocenters. The number of hydrogen-bond donors (Lipinski definition) is 0. The zero-order valence-corrected chi connectivity index (χ0v) is 21.8. The summed E-state index contributed by atoms with van der Waals surface area (Å²) in [5.74, 6) is 0. The van der Waals surface area contributed by atoms with Gasteiger partial charge < -0.3 is 9.31 Å². The molecule has 3 aliphatic rings. The minimum Gasteiger partial charge on any atom is -0.399 e. The third-order valence-corrected chi connectivity index (χ3v) is 9.14. The smallest absolute Gasteiger partial charge is 0.399 e. The molecule has 0 amide bonds. The van der Waals surface area contributed by atoms with E-state index in [0.29, 0.717) is 0 Å². The summed E-state index contributed by atoms with van der Waals surface area (Å²) in [6.45, 7) is 17.9. The van der Waals surface area contributed by atoms with Crippen molar-refractivity contribution in [2.45, 2.75) is 83.8 Å². The van der Waals surface area contributed by atoms with Gasteiger partial charge in [0.25, 0.3) is 0 Å². The highest BCUT2D eigenvalue weighted by Crippen LogP contribution is 2.63. The molecule has 6 rings (SSSR count). The van der Waals surface area contributed by atoms with Crippen molar-refractivity contribution in [3.63, 3.8) is 0 Å². The Morgan fingerprint density at radius 2 is 1.26 bits per heavy atom. The zero-order valence-electron chi connectivity index (χ0n) is 21.8. The molecule has 0 saturated carbocycles. The molecule has 34 heavy (non-hydrogen) atoms. The Morgan fingerprint density at radius 3 is 1.94 bits per heavy atom. The molecule has 2 nitrogen and oxygen atoms in total. The van der Waals surface area contributed by atoms with E-state index in [0.717, 1.165) is 11.9 Å². The summed E-state index contributed by atoms with van der Waals surface area (Å²) in [4.78, 5) is 0. The van der Waals surface area contributed by atoms with Gasteiger partial charge in [0.1, 0.15) is 0 Å². The van der Waals surface area contributed by atoms with Crippen molar-refractivity contribution in [1.29, 1.82) is 0 Å². The van der Waals surface area contributed by atoms with Crippen molar-refractivity contribution in [1.82, 2.24) is 0 Å². The van der Waals surface area contributed by atoms with Gasteiger partial charge in [-0.3, -0.25) is 0 Å².